The molecule has 196 valence electrons. The third-order valence-corrected chi connectivity index (χ3v) is 8.20. The first-order chi connectivity index (χ1) is 18.5. The summed E-state index contributed by atoms with van der Waals surface area (Å²) in [6, 6.07) is 10.2. The maximum absolute atomic E-state index is 13.7. The number of nitrogens with zero attached hydrogens (tertiary/aromatic N) is 5. The van der Waals surface area contributed by atoms with Crippen LogP contribution in [0.4, 0.5) is 4.39 Å². The summed E-state index contributed by atoms with van der Waals surface area (Å²) in [7, 11) is 0. The minimum absolute atomic E-state index is 0.0189. The smallest absolute Gasteiger partial charge is 0.260 e. The Labute approximate surface area is 218 Å². The van der Waals surface area contributed by atoms with E-state index in [0.717, 1.165) is 41.0 Å². The lowest BCUT2D eigenvalue weighted by Crippen LogP contribution is -2.63. The summed E-state index contributed by atoms with van der Waals surface area (Å²) < 4.78 is 27.0. The summed E-state index contributed by atoms with van der Waals surface area (Å²) >= 11 is 0. The average molecular weight is 518 g/mol. The number of ether oxygens (including phenoxy) is 1. The molecule has 0 amide bonds. The van der Waals surface area contributed by atoms with Crippen molar-refractivity contribution < 1.29 is 23.6 Å². The van der Waals surface area contributed by atoms with Crippen LogP contribution in [0.5, 0.6) is 0 Å². The number of hydrogen-bond acceptors (Lipinski definition) is 8. The lowest BCUT2D eigenvalue weighted by atomic mass is 9.71. The Morgan fingerprint density at radius 1 is 1.16 bits per heavy atom. The molecule has 2 aromatic heterocycles. The molecule has 2 unspecified atom stereocenters. The Morgan fingerprint density at radius 3 is 2.71 bits per heavy atom. The van der Waals surface area contributed by atoms with Gasteiger partial charge in [-0.2, -0.15) is 0 Å². The Morgan fingerprint density at radius 2 is 2.00 bits per heavy atom. The summed E-state index contributed by atoms with van der Waals surface area (Å²) in [5.74, 6) is 0.464. The molecule has 38 heavy (non-hydrogen) atoms. The summed E-state index contributed by atoms with van der Waals surface area (Å²) in [6.07, 6.45) is 7.98. The van der Waals surface area contributed by atoms with Crippen LogP contribution >= 0.6 is 0 Å². The molecular weight excluding hydrogens is 489 g/mol. The first-order valence-corrected chi connectivity index (χ1v) is 12.9. The number of amidine groups is 1. The number of hydrogen-bond donors (Lipinski definition) is 1. The molecule has 2 atom stereocenters. The molecule has 0 aliphatic carbocycles. The number of imidazole rings is 1. The molecule has 9 nitrogen and oxygen atoms in total. The van der Waals surface area contributed by atoms with Crippen LogP contribution in [0.3, 0.4) is 0 Å². The van der Waals surface area contributed by atoms with Gasteiger partial charge in [0.05, 0.1) is 37.1 Å². The third kappa shape index (κ3) is 3.47. The first kappa shape index (κ1) is 23.4. The van der Waals surface area contributed by atoms with Gasteiger partial charge in [0.25, 0.3) is 5.72 Å². The molecule has 1 N–H and O–H groups in total. The minimum Gasteiger partial charge on any atom is -0.390 e. The van der Waals surface area contributed by atoms with Gasteiger partial charge >= 0.3 is 0 Å². The van der Waals surface area contributed by atoms with E-state index < -0.39 is 5.72 Å². The normalized spacial score (nSPS) is 23.8. The van der Waals surface area contributed by atoms with Crippen LogP contribution in [0, 0.1) is 17.2 Å². The zero-order chi connectivity index (χ0) is 25.9. The molecule has 0 radical (unpaired) electrons. The van der Waals surface area contributed by atoms with E-state index in [9.17, 15) is 9.50 Å². The fourth-order valence-corrected chi connectivity index (χ4v) is 6.13. The summed E-state index contributed by atoms with van der Waals surface area (Å²) in [4.78, 5) is 12.5. The van der Waals surface area contributed by atoms with E-state index in [4.69, 9.17) is 14.1 Å². The van der Waals surface area contributed by atoms with Crippen molar-refractivity contribution in [3.63, 3.8) is 0 Å². The molecule has 2 aromatic carbocycles. The third-order valence-electron chi connectivity index (χ3n) is 8.20. The van der Waals surface area contributed by atoms with Crippen LogP contribution in [-0.2, 0) is 28.1 Å². The first-order valence-electron chi connectivity index (χ1n) is 12.9. The van der Waals surface area contributed by atoms with Crippen LogP contribution in [0.1, 0.15) is 30.2 Å². The van der Waals surface area contributed by atoms with Crippen molar-refractivity contribution in [1.29, 1.82) is 0 Å². The van der Waals surface area contributed by atoms with E-state index in [-0.39, 0.29) is 23.8 Å². The Hall–Kier alpha value is -3.76. The number of aryl methyl sites for hydroxylation is 1. The van der Waals surface area contributed by atoms with Crippen molar-refractivity contribution in [3.8, 4) is 5.69 Å². The zero-order valence-corrected chi connectivity index (χ0v) is 21.0. The monoisotopic (exact) mass is 517 g/mol. The van der Waals surface area contributed by atoms with Gasteiger partial charge in [0.15, 0.2) is 11.4 Å². The molecule has 7 rings (SSSR count). The predicted molar refractivity (Wildman–Crippen MR) is 136 cm³/mol. The maximum atomic E-state index is 13.7. The molecule has 5 heterocycles. The quantitative estimate of drug-likeness (QED) is 0.416. The van der Waals surface area contributed by atoms with E-state index in [1.54, 1.807) is 24.7 Å². The molecular formula is C28H28FN5O4. The number of fused-ring (bicyclic) bond motifs is 2. The van der Waals surface area contributed by atoms with Crippen LogP contribution in [0.25, 0.3) is 16.7 Å². The molecule has 4 aromatic rings. The highest BCUT2D eigenvalue weighted by Crippen LogP contribution is 2.49. The predicted octanol–water partition coefficient (Wildman–Crippen LogP) is 3.79. The highest BCUT2D eigenvalue weighted by Gasteiger charge is 2.57. The van der Waals surface area contributed by atoms with Gasteiger partial charge in [-0.25, -0.2) is 9.37 Å². The van der Waals surface area contributed by atoms with E-state index in [2.05, 4.69) is 33.2 Å². The van der Waals surface area contributed by atoms with Crippen molar-refractivity contribution in [2.45, 2.75) is 31.9 Å². The summed E-state index contributed by atoms with van der Waals surface area (Å²) in [6.45, 7) is 3.68. The second-order valence-electron chi connectivity index (χ2n) is 10.6. The van der Waals surface area contributed by atoms with Crippen LogP contribution in [0.15, 0.2) is 64.8 Å². The summed E-state index contributed by atoms with van der Waals surface area (Å²) in [5.41, 5.74) is 3.09. The molecule has 3 aliphatic rings. The van der Waals surface area contributed by atoms with Crippen LogP contribution < -0.4 is 0 Å². The molecule has 2 fully saturated rings. The maximum Gasteiger partial charge on any atom is 0.260 e. The van der Waals surface area contributed by atoms with Crippen molar-refractivity contribution in [1.82, 2.24) is 19.6 Å². The van der Waals surface area contributed by atoms with Gasteiger partial charge in [0, 0.05) is 35.0 Å². The topological polar surface area (TPSA) is 98.1 Å². The number of halogens is 1. The zero-order valence-electron chi connectivity index (χ0n) is 21.0. The van der Waals surface area contributed by atoms with Gasteiger partial charge in [-0.3, -0.25) is 0 Å². The highest BCUT2D eigenvalue weighted by molar-refractivity contribution is 5.90. The lowest BCUT2D eigenvalue weighted by Gasteiger charge is -2.53. The second kappa shape index (κ2) is 8.64. The number of aliphatic hydroxyl groups is 1. The van der Waals surface area contributed by atoms with Crippen LogP contribution in [-0.4, -0.2) is 56.9 Å². The number of rotatable bonds is 6. The van der Waals surface area contributed by atoms with Gasteiger partial charge < -0.3 is 28.7 Å². The van der Waals surface area contributed by atoms with Crippen molar-refractivity contribution in [3.05, 3.63) is 77.8 Å². The SMILES string of the molecule is CCc1cn(-c2ccc(CC3CC4(COC4)CN4C3=NOC4(CO)c3ccc(F)cc3)c3cnoc23)cn1. The number of benzene rings is 2. The molecule has 10 heteroatoms. The molecule has 2 saturated heterocycles. The lowest BCUT2D eigenvalue weighted by molar-refractivity contribution is -0.186. The molecule has 0 saturated carbocycles. The highest BCUT2D eigenvalue weighted by atomic mass is 19.1. The van der Waals surface area contributed by atoms with E-state index >= 15 is 0 Å². The second-order valence-corrected chi connectivity index (χ2v) is 10.6. The largest absolute Gasteiger partial charge is 0.390 e. The van der Waals surface area contributed by atoms with Gasteiger partial charge in [-0.05, 0) is 55.2 Å². The van der Waals surface area contributed by atoms with E-state index in [1.165, 1.54) is 12.1 Å². The van der Waals surface area contributed by atoms with Gasteiger partial charge in [-0.1, -0.05) is 23.3 Å². The van der Waals surface area contributed by atoms with Gasteiger partial charge in [0.2, 0.25) is 0 Å². The van der Waals surface area contributed by atoms with Gasteiger partial charge in [-0.15, -0.1) is 0 Å². The fraction of sp³-hybridized carbons (Fsp3) is 0.393. The Bertz CT molecular complexity index is 1530. The Balaban J connectivity index is 1.25. The minimum atomic E-state index is -1.20. The van der Waals surface area contributed by atoms with Crippen molar-refractivity contribution in [2.24, 2.45) is 16.5 Å². The summed E-state index contributed by atoms with van der Waals surface area (Å²) in [5, 5.41) is 20.2. The van der Waals surface area contributed by atoms with Crippen molar-refractivity contribution in [2.75, 3.05) is 26.4 Å². The van der Waals surface area contributed by atoms with E-state index in [1.807, 2.05) is 16.8 Å². The Kier molecular flexibility index (Phi) is 5.31. The fourth-order valence-electron chi connectivity index (χ4n) is 6.13. The van der Waals surface area contributed by atoms with Gasteiger partial charge in [0.1, 0.15) is 12.4 Å². The standard InChI is InChI=1S/C28H28FN5O4/c1-2-22-12-33(17-30-22)24-8-3-18(23-11-31-37-25(23)24)9-19-10-27(15-36-16-27)13-34-26(19)32-38-28(34,14-35)20-4-6-21(29)7-5-20/h3-8,11-12,17,19,35H,2,9-10,13-16H2,1H3. The number of aromatic nitrogens is 3. The number of piperidine rings is 1. The number of oxime groups is 1. The number of aliphatic hydroxyl groups excluding tert-OH is 1. The molecule has 3 aliphatic heterocycles. The van der Waals surface area contributed by atoms with E-state index in [0.29, 0.717) is 37.3 Å². The molecule has 1 spiro atoms. The molecule has 0 bridgehead atoms. The average Bonchev–Trinajstić information content (AvgIpc) is 3.67. The van der Waals surface area contributed by atoms with Crippen LogP contribution in [0.2, 0.25) is 0 Å². The van der Waals surface area contributed by atoms with Crippen molar-refractivity contribution >= 4 is 16.8 Å².